The molecule has 0 nitrogen and oxygen atoms in total. The summed E-state index contributed by atoms with van der Waals surface area (Å²) in [5, 5.41) is 0. The summed E-state index contributed by atoms with van der Waals surface area (Å²) >= 11 is 0. The van der Waals surface area contributed by atoms with Gasteiger partial charge in [0, 0.05) is 0 Å². The van der Waals surface area contributed by atoms with Gasteiger partial charge >= 0.3 is 33.0 Å². The van der Waals surface area contributed by atoms with Gasteiger partial charge in [-0.3, -0.25) is 0 Å². The summed E-state index contributed by atoms with van der Waals surface area (Å²) in [5.74, 6) is 0. The van der Waals surface area contributed by atoms with Crippen LogP contribution in [0.3, 0.4) is 0 Å². The second-order valence-electron chi connectivity index (χ2n) is 5.70. The topological polar surface area (TPSA) is 0 Å². The number of benzene rings is 3. The van der Waals surface area contributed by atoms with Gasteiger partial charge < -0.3 is 0 Å². The number of aryl methyl sites for hydroxylation is 1. The van der Waals surface area contributed by atoms with Crippen LogP contribution in [0.1, 0.15) is 5.56 Å². The number of hydrogen-bond acceptors (Lipinski definition) is 0. The molecule has 27 heavy (non-hydrogen) atoms. The van der Waals surface area contributed by atoms with Crippen LogP contribution in [0.5, 0.6) is 0 Å². The SMILES string of the molecule is Cc1ccc([S+](c2ccccc2)c2ccccc2)cc1.F[P-](F)(F)(F)(F)F. The summed E-state index contributed by atoms with van der Waals surface area (Å²) in [6, 6.07) is 30.4. The van der Waals surface area contributed by atoms with Crippen LogP contribution in [0, 0.1) is 6.92 Å². The molecule has 8 heteroatoms. The van der Waals surface area contributed by atoms with Crippen molar-refractivity contribution >= 4 is 18.7 Å². The van der Waals surface area contributed by atoms with Gasteiger partial charge in [-0.25, -0.2) is 0 Å². The van der Waals surface area contributed by atoms with E-state index in [1.807, 2.05) is 0 Å². The summed E-state index contributed by atoms with van der Waals surface area (Å²) in [6.07, 6.45) is 0. The zero-order chi connectivity index (χ0) is 20.2. The molecule has 0 amide bonds. The van der Waals surface area contributed by atoms with Gasteiger partial charge in [0.2, 0.25) is 0 Å². The van der Waals surface area contributed by atoms with Gasteiger partial charge in [-0.2, -0.15) is 0 Å². The summed E-state index contributed by atoms with van der Waals surface area (Å²) in [6.45, 7) is 2.13. The molecule has 0 bridgehead atoms. The normalized spacial score (nSPS) is 13.9. The monoisotopic (exact) mass is 422 g/mol. The molecule has 0 aliphatic heterocycles. The Bertz CT molecular complexity index is 812. The van der Waals surface area contributed by atoms with Gasteiger partial charge in [0.1, 0.15) is 0 Å². The Balaban J connectivity index is 0.000000321. The van der Waals surface area contributed by atoms with Crippen LogP contribution < -0.4 is 0 Å². The Morgan fingerprint density at radius 3 is 1.15 bits per heavy atom. The van der Waals surface area contributed by atoms with E-state index < -0.39 is 7.81 Å². The van der Waals surface area contributed by atoms with E-state index in [0.717, 1.165) is 0 Å². The molecular weight excluding hydrogens is 405 g/mol. The van der Waals surface area contributed by atoms with E-state index in [4.69, 9.17) is 0 Å². The maximum atomic E-state index is 9.87. The summed E-state index contributed by atoms with van der Waals surface area (Å²) < 4.78 is 59.2. The second kappa shape index (κ2) is 7.21. The van der Waals surface area contributed by atoms with Crippen molar-refractivity contribution in [1.82, 2.24) is 0 Å². The van der Waals surface area contributed by atoms with Crippen LogP contribution >= 0.6 is 7.81 Å². The van der Waals surface area contributed by atoms with Crippen molar-refractivity contribution in [2.75, 3.05) is 0 Å². The van der Waals surface area contributed by atoms with Gasteiger partial charge in [-0.1, -0.05) is 54.1 Å². The Morgan fingerprint density at radius 2 is 0.815 bits per heavy atom. The predicted molar refractivity (Wildman–Crippen MR) is 99.8 cm³/mol. The van der Waals surface area contributed by atoms with Crippen LogP contribution in [0.15, 0.2) is 99.6 Å². The molecule has 0 heterocycles. The van der Waals surface area contributed by atoms with Crippen molar-refractivity contribution in [3.8, 4) is 0 Å². The predicted octanol–water partition coefficient (Wildman–Crippen LogP) is 8.47. The first kappa shape index (κ1) is 21.3. The fourth-order valence-electron chi connectivity index (χ4n) is 2.20. The minimum absolute atomic E-state index is 0.0229. The average molecular weight is 422 g/mol. The first-order valence-corrected chi connectivity index (χ1v) is 11.0. The molecule has 3 aromatic carbocycles. The summed E-state index contributed by atoms with van der Waals surface area (Å²) in [4.78, 5) is 4.10. The molecule has 0 aromatic heterocycles. The van der Waals surface area contributed by atoms with Crippen molar-refractivity contribution in [3.63, 3.8) is 0 Å². The fraction of sp³-hybridized carbons (Fsp3) is 0.0526. The van der Waals surface area contributed by atoms with E-state index in [2.05, 4.69) is 91.9 Å². The van der Waals surface area contributed by atoms with Gasteiger partial charge in [0.25, 0.3) is 0 Å². The first-order chi connectivity index (χ1) is 12.3. The molecule has 0 aliphatic rings. The van der Waals surface area contributed by atoms with Crippen LogP contribution in [-0.4, -0.2) is 0 Å². The van der Waals surface area contributed by atoms with E-state index >= 15 is 0 Å². The molecule has 3 rings (SSSR count). The third kappa shape index (κ3) is 8.98. The Morgan fingerprint density at radius 1 is 0.519 bits per heavy atom. The van der Waals surface area contributed by atoms with Gasteiger partial charge in [0.05, 0.1) is 10.9 Å². The van der Waals surface area contributed by atoms with E-state index in [9.17, 15) is 25.2 Å². The zero-order valence-electron chi connectivity index (χ0n) is 14.2. The summed E-state index contributed by atoms with van der Waals surface area (Å²) in [7, 11) is -10.7. The van der Waals surface area contributed by atoms with Gasteiger partial charge in [-0.05, 0) is 43.3 Å². The van der Waals surface area contributed by atoms with Crippen molar-refractivity contribution in [3.05, 3.63) is 90.5 Å². The molecule has 0 atom stereocenters. The van der Waals surface area contributed by atoms with Gasteiger partial charge in [-0.15, -0.1) is 0 Å². The van der Waals surface area contributed by atoms with Crippen LogP contribution in [0.4, 0.5) is 25.2 Å². The molecule has 0 spiro atoms. The molecule has 146 valence electrons. The van der Waals surface area contributed by atoms with E-state index in [-0.39, 0.29) is 10.9 Å². The molecular formula is C19H17F6PS. The standard InChI is InChI=1S/C19H17S.F6P/c1-16-12-14-19(15-13-16)20(17-8-4-2-5-9-17)18-10-6-3-7-11-18;1-7(2,3,4,5)6/h2-15H,1H3;/q+1;-1. The average Bonchev–Trinajstić information content (AvgIpc) is 2.56. The maximum absolute atomic E-state index is 10.7. The minimum atomic E-state index is -10.7. The molecule has 0 radical (unpaired) electrons. The third-order valence-corrected chi connectivity index (χ3v) is 5.45. The summed E-state index contributed by atoms with van der Waals surface area (Å²) in [5.41, 5.74) is 1.30. The van der Waals surface area contributed by atoms with E-state index in [1.165, 1.54) is 20.2 Å². The van der Waals surface area contributed by atoms with Crippen molar-refractivity contribution in [2.24, 2.45) is 0 Å². The molecule has 0 fully saturated rings. The molecule has 0 unspecified atom stereocenters. The molecule has 0 saturated carbocycles. The number of hydrogen-bond donors (Lipinski definition) is 0. The van der Waals surface area contributed by atoms with Crippen LogP contribution in [0.25, 0.3) is 0 Å². The number of halogens is 6. The Kier molecular flexibility index (Phi) is 5.69. The van der Waals surface area contributed by atoms with Gasteiger partial charge in [0.15, 0.2) is 14.7 Å². The molecule has 0 N–H and O–H groups in total. The molecule has 0 aliphatic carbocycles. The van der Waals surface area contributed by atoms with Crippen LogP contribution in [-0.2, 0) is 10.9 Å². The van der Waals surface area contributed by atoms with Crippen molar-refractivity contribution in [1.29, 1.82) is 0 Å². The van der Waals surface area contributed by atoms with Crippen molar-refractivity contribution < 1.29 is 25.2 Å². The van der Waals surface area contributed by atoms with E-state index in [0.29, 0.717) is 0 Å². The van der Waals surface area contributed by atoms with Crippen molar-refractivity contribution in [2.45, 2.75) is 21.6 Å². The molecule has 3 aromatic rings. The Hall–Kier alpha value is -1.98. The second-order valence-corrected chi connectivity index (χ2v) is 9.65. The first-order valence-electron chi connectivity index (χ1n) is 7.77. The third-order valence-electron chi connectivity index (χ3n) is 3.21. The number of rotatable bonds is 3. The molecule has 0 saturated heterocycles. The quantitative estimate of drug-likeness (QED) is 0.226. The zero-order valence-corrected chi connectivity index (χ0v) is 15.9. The van der Waals surface area contributed by atoms with E-state index in [1.54, 1.807) is 0 Å². The van der Waals surface area contributed by atoms with Crippen LogP contribution in [0.2, 0.25) is 0 Å². The Labute approximate surface area is 156 Å². The fourth-order valence-corrected chi connectivity index (χ4v) is 4.28.